The van der Waals surface area contributed by atoms with Crippen molar-refractivity contribution in [3.05, 3.63) is 0 Å². The number of sulfonamides is 1. The molecule has 5 nitrogen and oxygen atoms in total. The van der Waals surface area contributed by atoms with E-state index in [4.69, 9.17) is 4.74 Å². The zero-order valence-corrected chi connectivity index (χ0v) is 9.09. The molecule has 0 bridgehead atoms. The molecule has 2 aliphatic heterocycles. The van der Waals surface area contributed by atoms with Gasteiger partial charge in [0.25, 0.3) is 0 Å². The monoisotopic (exact) mass is 220 g/mol. The molecule has 2 atom stereocenters. The zero-order valence-electron chi connectivity index (χ0n) is 8.27. The van der Waals surface area contributed by atoms with E-state index in [0.717, 1.165) is 13.0 Å². The molecule has 0 aromatic heterocycles. The molecule has 0 amide bonds. The summed E-state index contributed by atoms with van der Waals surface area (Å²) in [4.78, 5) is 0. The van der Waals surface area contributed by atoms with E-state index in [2.05, 4.69) is 5.32 Å². The Morgan fingerprint density at radius 2 is 2.21 bits per heavy atom. The molecule has 0 aliphatic carbocycles. The summed E-state index contributed by atoms with van der Waals surface area (Å²) in [6.07, 6.45) is 0.748. The highest BCUT2D eigenvalue weighted by atomic mass is 32.2. The first kappa shape index (κ1) is 10.4. The molecule has 6 heteroatoms. The van der Waals surface area contributed by atoms with Crippen LogP contribution >= 0.6 is 0 Å². The minimum absolute atomic E-state index is 0.00266. The molecule has 82 valence electrons. The van der Waals surface area contributed by atoms with Gasteiger partial charge in [0.1, 0.15) is 0 Å². The third-order valence-corrected chi connectivity index (χ3v) is 4.91. The van der Waals surface area contributed by atoms with Crippen LogP contribution in [0.2, 0.25) is 0 Å². The Morgan fingerprint density at radius 1 is 1.43 bits per heavy atom. The molecule has 0 aromatic rings. The van der Waals surface area contributed by atoms with Crippen LogP contribution in [0.25, 0.3) is 0 Å². The van der Waals surface area contributed by atoms with Gasteiger partial charge < -0.3 is 10.1 Å². The first-order chi connectivity index (χ1) is 6.65. The van der Waals surface area contributed by atoms with E-state index in [0.29, 0.717) is 18.8 Å². The fourth-order valence-electron chi connectivity index (χ4n) is 2.20. The van der Waals surface area contributed by atoms with E-state index >= 15 is 0 Å². The van der Waals surface area contributed by atoms with Crippen molar-refractivity contribution >= 4 is 10.0 Å². The summed E-state index contributed by atoms with van der Waals surface area (Å²) < 4.78 is 30.2. The number of ether oxygens (including phenoxy) is 1. The molecule has 0 aromatic carbocycles. The third kappa shape index (κ3) is 1.67. The first-order valence-corrected chi connectivity index (χ1v) is 6.49. The van der Waals surface area contributed by atoms with Crippen molar-refractivity contribution in [1.82, 2.24) is 9.62 Å². The lowest BCUT2D eigenvalue weighted by atomic mass is 10.2. The lowest BCUT2D eigenvalue weighted by Gasteiger charge is -2.25. The van der Waals surface area contributed by atoms with Crippen molar-refractivity contribution < 1.29 is 13.2 Å². The highest BCUT2D eigenvalue weighted by Gasteiger charge is 2.40. The highest BCUT2D eigenvalue weighted by Crippen LogP contribution is 2.21. The third-order valence-electron chi connectivity index (χ3n) is 2.94. The van der Waals surface area contributed by atoms with E-state index in [-0.39, 0.29) is 12.1 Å². The molecule has 1 N–H and O–H groups in total. The van der Waals surface area contributed by atoms with Gasteiger partial charge >= 0.3 is 0 Å². The second-order valence-corrected chi connectivity index (χ2v) is 5.82. The van der Waals surface area contributed by atoms with Gasteiger partial charge in [-0.2, -0.15) is 4.31 Å². The second kappa shape index (κ2) is 3.77. The SMILES string of the molecule is CO[C@H]1CNCC1N1CCCS1(=O)=O. The first-order valence-electron chi connectivity index (χ1n) is 4.88. The normalized spacial score (nSPS) is 37.8. The van der Waals surface area contributed by atoms with Crippen molar-refractivity contribution in [1.29, 1.82) is 0 Å². The highest BCUT2D eigenvalue weighted by molar-refractivity contribution is 7.89. The number of rotatable bonds is 2. The predicted octanol–water partition coefficient (Wildman–Crippen LogP) is -0.991. The van der Waals surface area contributed by atoms with E-state index in [9.17, 15) is 8.42 Å². The van der Waals surface area contributed by atoms with Crippen LogP contribution in [-0.2, 0) is 14.8 Å². The molecule has 0 radical (unpaired) electrons. The topological polar surface area (TPSA) is 58.6 Å². The zero-order chi connectivity index (χ0) is 10.2. The molecule has 2 aliphatic rings. The van der Waals surface area contributed by atoms with Gasteiger partial charge in [0.2, 0.25) is 10.0 Å². The number of methoxy groups -OCH3 is 1. The molecule has 0 saturated carbocycles. The van der Waals surface area contributed by atoms with Gasteiger partial charge in [-0.15, -0.1) is 0 Å². The van der Waals surface area contributed by atoms with Crippen molar-refractivity contribution in [3.63, 3.8) is 0 Å². The van der Waals surface area contributed by atoms with Gasteiger partial charge in [-0.05, 0) is 6.42 Å². The molecule has 2 heterocycles. The Labute approximate surface area is 84.5 Å². The molecule has 2 rings (SSSR count). The summed E-state index contributed by atoms with van der Waals surface area (Å²) >= 11 is 0. The van der Waals surface area contributed by atoms with Crippen LogP contribution in [0.4, 0.5) is 0 Å². The smallest absolute Gasteiger partial charge is 0.214 e. The van der Waals surface area contributed by atoms with Gasteiger partial charge in [-0.3, -0.25) is 0 Å². The van der Waals surface area contributed by atoms with Crippen LogP contribution in [-0.4, -0.2) is 57.4 Å². The summed E-state index contributed by atoms with van der Waals surface area (Å²) in [6, 6.07) is -0.00694. The van der Waals surface area contributed by atoms with Gasteiger partial charge in [-0.25, -0.2) is 8.42 Å². The summed E-state index contributed by atoms with van der Waals surface area (Å²) in [5.41, 5.74) is 0. The van der Waals surface area contributed by atoms with Gasteiger partial charge in [0.05, 0.1) is 17.9 Å². The van der Waals surface area contributed by atoms with Crippen LogP contribution in [0.5, 0.6) is 0 Å². The number of hydrogen-bond donors (Lipinski definition) is 1. The average molecular weight is 220 g/mol. The minimum Gasteiger partial charge on any atom is -0.378 e. The molecule has 1 unspecified atom stereocenters. The van der Waals surface area contributed by atoms with E-state index in [1.165, 1.54) is 0 Å². The van der Waals surface area contributed by atoms with Gasteiger partial charge in [-0.1, -0.05) is 0 Å². The number of nitrogens with one attached hydrogen (secondary N) is 1. The molecule has 2 fully saturated rings. The summed E-state index contributed by atoms with van der Waals surface area (Å²) in [5.74, 6) is 0.292. The Hall–Kier alpha value is -0.170. The van der Waals surface area contributed by atoms with Gasteiger partial charge in [0.15, 0.2) is 0 Å². The molecular weight excluding hydrogens is 204 g/mol. The van der Waals surface area contributed by atoms with E-state index in [1.807, 2.05) is 0 Å². The maximum absolute atomic E-state index is 11.7. The maximum atomic E-state index is 11.7. The minimum atomic E-state index is -3.00. The molecule has 14 heavy (non-hydrogen) atoms. The van der Waals surface area contributed by atoms with Crippen LogP contribution in [0, 0.1) is 0 Å². The lowest BCUT2D eigenvalue weighted by Crippen LogP contribution is -2.44. The van der Waals surface area contributed by atoms with E-state index in [1.54, 1.807) is 11.4 Å². The van der Waals surface area contributed by atoms with Crippen molar-refractivity contribution in [2.24, 2.45) is 0 Å². The fraction of sp³-hybridized carbons (Fsp3) is 1.00. The largest absolute Gasteiger partial charge is 0.378 e. The average Bonchev–Trinajstić information content (AvgIpc) is 2.69. The second-order valence-electron chi connectivity index (χ2n) is 3.78. The standard InChI is InChI=1S/C8H16N2O3S/c1-13-8-6-9-5-7(8)10-3-2-4-14(10,11)12/h7-9H,2-6H2,1H3/t7?,8-/m0/s1. The molecular formula is C8H16N2O3S. The Kier molecular flexibility index (Phi) is 2.79. The molecule has 2 saturated heterocycles. The van der Waals surface area contributed by atoms with Crippen molar-refractivity contribution in [3.8, 4) is 0 Å². The van der Waals surface area contributed by atoms with Gasteiger partial charge in [0, 0.05) is 26.7 Å². The van der Waals surface area contributed by atoms with Crippen LogP contribution < -0.4 is 5.32 Å². The Morgan fingerprint density at radius 3 is 2.79 bits per heavy atom. The van der Waals surface area contributed by atoms with Crippen LogP contribution in [0.3, 0.4) is 0 Å². The Bertz CT molecular complexity index is 304. The quantitative estimate of drug-likeness (QED) is 0.649. The molecule has 0 spiro atoms. The maximum Gasteiger partial charge on any atom is 0.214 e. The lowest BCUT2D eigenvalue weighted by molar-refractivity contribution is 0.0748. The van der Waals surface area contributed by atoms with Crippen LogP contribution in [0.1, 0.15) is 6.42 Å². The summed E-state index contributed by atoms with van der Waals surface area (Å²) in [7, 11) is -1.37. The Balaban J connectivity index is 2.14. The van der Waals surface area contributed by atoms with E-state index < -0.39 is 10.0 Å². The fourth-order valence-corrected chi connectivity index (χ4v) is 3.96. The number of nitrogens with zero attached hydrogens (tertiary/aromatic N) is 1. The van der Waals surface area contributed by atoms with Crippen molar-refractivity contribution in [2.75, 3.05) is 32.5 Å². The predicted molar refractivity (Wildman–Crippen MR) is 52.6 cm³/mol. The number of hydrogen-bond acceptors (Lipinski definition) is 4. The van der Waals surface area contributed by atoms with Crippen LogP contribution in [0.15, 0.2) is 0 Å². The summed E-state index contributed by atoms with van der Waals surface area (Å²) in [5, 5.41) is 3.16. The summed E-state index contributed by atoms with van der Waals surface area (Å²) in [6.45, 7) is 2.10. The van der Waals surface area contributed by atoms with Crippen molar-refractivity contribution in [2.45, 2.75) is 18.6 Å².